The number of hydrogen-bond acceptors (Lipinski definition) is 7. The molecule has 3 rings (SSSR count). The first-order valence-corrected chi connectivity index (χ1v) is 11.4. The molecule has 0 saturated carbocycles. The lowest BCUT2D eigenvalue weighted by atomic mass is 10.3. The number of hydrogen-bond donors (Lipinski definition) is 1. The number of nitrogens with zero attached hydrogens (tertiary/aromatic N) is 2. The van der Waals surface area contributed by atoms with Gasteiger partial charge in [-0.1, -0.05) is 6.07 Å². The van der Waals surface area contributed by atoms with Crippen molar-refractivity contribution in [1.82, 2.24) is 10.3 Å². The summed E-state index contributed by atoms with van der Waals surface area (Å²) in [5, 5.41) is 2.73. The van der Waals surface area contributed by atoms with E-state index in [9.17, 15) is 13.2 Å². The molecule has 33 heavy (non-hydrogen) atoms. The lowest BCUT2D eigenvalue weighted by molar-refractivity contribution is -0.119. The molecule has 0 atom stereocenters. The number of benzene rings is 2. The van der Waals surface area contributed by atoms with Crippen LogP contribution in [0.3, 0.4) is 0 Å². The van der Waals surface area contributed by atoms with Crippen molar-refractivity contribution in [2.45, 2.75) is 11.4 Å². The number of aromatic nitrogens is 1. The van der Waals surface area contributed by atoms with Gasteiger partial charge in [-0.05, 0) is 48.0 Å². The van der Waals surface area contributed by atoms with Gasteiger partial charge in [-0.3, -0.25) is 14.1 Å². The number of nitrogens with one attached hydrogen (secondary N) is 1. The third kappa shape index (κ3) is 5.72. The number of sulfonamides is 1. The number of pyridine rings is 1. The maximum atomic E-state index is 13.6. The van der Waals surface area contributed by atoms with Crippen molar-refractivity contribution in [3.63, 3.8) is 0 Å². The van der Waals surface area contributed by atoms with Crippen molar-refractivity contribution in [1.29, 1.82) is 0 Å². The molecule has 9 nitrogen and oxygen atoms in total. The van der Waals surface area contributed by atoms with E-state index in [0.29, 0.717) is 17.2 Å². The molecule has 174 valence electrons. The minimum Gasteiger partial charge on any atom is -0.497 e. The standard InChI is InChI=1S/C23H25N3O6S/c1-30-19-8-6-18(7-9-19)26(16-23(27)25-15-17-5-4-12-24-14-17)33(28,29)20-10-11-21(31-2)22(13-20)32-3/h4-14H,15-16H2,1-3H3,(H,25,27). The second-order valence-electron chi connectivity index (χ2n) is 6.86. The Morgan fingerprint density at radius 3 is 2.30 bits per heavy atom. The van der Waals surface area contributed by atoms with Gasteiger partial charge in [-0.15, -0.1) is 0 Å². The van der Waals surface area contributed by atoms with Crippen molar-refractivity contribution in [2.75, 3.05) is 32.2 Å². The molecule has 10 heteroatoms. The third-order valence-electron chi connectivity index (χ3n) is 4.80. The van der Waals surface area contributed by atoms with Crippen LogP contribution in [0.4, 0.5) is 5.69 Å². The molecular formula is C23H25N3O6S. The summed E-state index contributed by atoms with van der Waals surface area (Å²) < 4.78 is 43.8. The second-order valence-corrected chi connectivity index (χ2v) is 8.73. The highest BCUT2D eigenvalue weighted by Crippen LogP contribution is 2.32. The first-order valence-electron chi connectivity index (χ1n) is 9.93. The second kappa shape index (κ2) is 10.7. The summed E-state index contributed by atoms with van der Waals surface area (Å²) in [5.41, 5.74) is 1.10. The van der Waals surface area contributed by atoms with Gasteiger partial charge in [0.15, 0.2) is 11.5 Å². The van der Waals surface area contributed by atoms with Gasteiger partial charge in [0.1, 0.15) is 12.3 Å². The molecule has 3 aromatic rings. The Kier molecular flexibility index (Phi) is 7.73. The summed E-state index contributed by atoms with van der Waals surface area (Å²) in [6.07, 6.45) is 3.26. The fourth-order valence-electron chi connectivity index (χ4n) is 3.06. The van der Waals surface area contributed by atoms with E-state index in [0.717, 1.165) is 9.87 Å². The highest BCUT2D eigenvalue weighted by molar-refractivity contribution is 7.92. The van der Waals surface area contributed by atoms with E-state index in [4.69, 9.17) is 14.2 Å². The Balaban J connectivity index is 1.92. The van der Waals surface area contributed by atoms with E-state index < -0.39 is 22.5 Å². The van der Waals surface area contributed by atoms with Gasteiger partial charge in [0, 0.05) is 25.0 Å². The third-order valence-corrected chi connectivity index (χ3v) is 6.57. The Hall–Kier alpha value is -3.79. The lowest BCUT2D eigenvalue weighted by Crippen LogP contribution is -2.40. The van der Waals surface area contributed by atoms with Gasteiger partial charge in [-0.25, -0.2) is 8.42 Å². The van der Waals surface area contributed by atoms with E-state index in [1.807, 2.05) is 6.07 Å². The van der Waals surface area contributed by atoms with Gasteiger partial charge in [-0.2, -0.15) is 0 Å². The van der Waals surface area contributed by atoms with Gasteiger partial charge >= 0.3 is 0 Å². The van der Waals surface area contributed by atoms with Crippen LogP contribution in [0.2, 0.25) is 0 Å². The first-order chi connectivity index (χ1) is 15.9. The van der Waals surface area contributed by atoms with Crippen LogP contribution in [0, 0.1) is 0 Å². The molecule has 0 aliphatic carbocycles. The minimum absolute atomic E-state index is 0.0453. The fraction of sp³-hybridized carbons (Fsp3) is 0.217. The Bertz CT molecular complexity index is 1180. The van der Waals surface area contributed by atoms with E-state index in [1.165, 1.54) is 39.5 Å². The predicted molar refractivity (Wildman–Crippen MR) is 123 cm³/mol. The Morgan fingerprint density at radius 2 is 1.70 bits per heavy atom. The zero-order valence-corrected chi connectivity index (χ0v) is 19.3. The van der Waals surface area contributed by atoms with Gasteiger partial charge in [0.05, 0.1) is 31.9 Å². The van der Waals surface area contributed by atoms with Crippen LogP contribution in [0.5, 0.6) is 17.2 Å². The molecule has 0 radical (unpaired) electrons. The zero-order valence-electron chi connectivity index (χ0n) is 18.5. The quantitative estimate of drug-likeness (QED) is 0.484. The number of carbonyl (C=O) groups excluding carboxylic acids is 1. The predicted octanol–water partition coefficient (Wildman–Crippen LogP) is 2.62. The molecule has 2 aromatic carbocycles. The maximum absolute atomic E-state index is 13.6. The number of methoxy groups -OCH3 is 3. The summed E-state index contributed by atoms with van der Waals surface area (Å²) in [6.45, 7) is -0.206. The number of amides is 1. The molecular weight excluding hydrogens is 446 g/mol. The molecule has 1 N–H and O–H groups in total. The van der Waals surface area contributed by atoms with E-state index in [1.54, 1.807) is 42.7 Å². The van der Waals surface area contributed by atoms with Crippen molar-refractivity contribution in [3.8, 4) is 17.2 Å². The van der Waals surface area contributed by atoms with E-state index >= 15 is 0 Å². The normalized spacial score (nSPS) is 10.9. The molecule has 0 fully saturated rings. The molecule has 0 saturated heterocycles. The van der Waals surface area contributed by atoms with Crippen LogP contribution in [0.1, 0.15) is 5.56 Å². The van der Waals surface area contributed by atoms with Crippen LogP contribution >= 0.6 is 0 Å². The summed E-state index contributed by atoms with van der Waals surface area (Å²) in [4.78, 5) is 16.7. The van der Waals surface area contributed by atoms with Crippen LogP contribution in [0.15, 0.2) is 71.9 Å². The molecule has 0 spiro atoms. The van der Waals surface area contributed by atoms with Crippen LogP contribution < -0.4 is 23.8 Å². The summed E-state index contributed by atoms with van der Waals surface area (Å²) in [7, 11) is 0.266. The molecule has 0 bridgehead atoms. The molecule has 1 aromatic heterocycles. The summed E-state index contributed by atoms with van der Waals surface area (Å²) >= 11 is 0. The Morgan fingerprint density at radius 1 is 0.970 bits per heavy atom. The highest BCUT2D eigenvalue weighted by atomic mass is 32.2. The largest absolute Gasteiger partial charge is 0.497 e. The van der Waals surface area contributed by atoms with Crippen molar-refractivity contribution in [3.05, 3.63) is 72.6 Å². The number of anilines is 1. The molecule has 1 amide bonds. The SMILES string of the molecule is COc1ccc(N(CC(=O)NCc2cccnc2)S(=O)(=O)c2ccc(OC)c(OC)c2)cc1. The van der Waals surface area contributed by atoms with Crippen LogP contribution in [-0.2, 0) is 21.4 Å². The lowest BCUT2D eigenvalue weighted by Gasteiger charge is -2.24. The number of rotatable bonds is 10. The van der Waals surface area contributed by atoms with Crippen molar-refractivity contribution in [2.24, 2.45) is 0 Å². The maximum Gasteiger partial charge on any atom is 0.264 e. The van der Waals surface area contributed by atoms with E-state index in [2.05, 4.69) is 10.3 Å². The molecule has 1 heterocycles. The minimum atomic E-state index is -4.13. The van der Waals surface area contributed by atoms with Gasteiger partial charge < -0.3 is 19.5 Å². The van der Waals surface area contributed by atoms with Gasteiger partial charge in [0.2, 0.25) is 5.91 Å². The van der Waals surface area contributed by atoms with Gasteiger partial charge in [0.25, 0.3) is 10.0 Å². The summed E-state index contributed by atoms with van der Waals surface area (Å²) in [5.74, 6) is 0.734. The smallest absolute Gasteiger partial charge is 0.264 e. The average Bonchev–Trinajstić information content (AvgIpc) is 2.86. The topological polar surface area (TPSA) is 107 Å². The first kappa shape index (κ1) is 23.9. The number of carbonyl (C=O) groups is 1. The average molecular weight is 472 g/mol. The zero-order chi connectivity index (χ0) is 23.8. The molecule has 0 aliphatic rings. The highest BCUT2D eigenvalue weighted by Gasteiger charge is 2.28. The van der Waals surface area contributed by atoms with Crippen molar-refractivity contribution < 1.29 is 27.4 Å². The Labute approximate surface area is 193 Å². The molecule has 0 aliphatic heterocycles. The monoisotopic (exact) mass is 471 g/mol. The van der Waals surface area contributed by atoms with Crippen LogP contribution in [-0.4, -0.2) is 47.2 Å². The number of ether oxygens (including phenoxy) is 3. The fourth-order valence-corrected chi connectivity index (χ4v) is 4.49. The van der Waals surface area contributed by atoms with Crippen LogP contribution in [0.25, 0.3) is 0 Å². The van der Waals surface area contributed by atoms with Crippen molar-refractivity contribution >= 4 is 21.6 Å². The van der Waals surface area contributed by atoms with E-state index in [-0.39, 0.29) is 17.2 Å². The summed E-state index contributed by atoms with van der Waals surface area (Å²) in [6, 6.07) is 14.2. The molecule has 0 unspecified atom stereocenters.